The zero-order valence-corrected chi connectivity index (χ0v) is 14.4. The second-order valence-electron chi connectivity index (χ2n) is 4.50. The van der Waals surface area contributed by atoms with Gasteiger partial charge in [0, 0.05) is 25.6 Å². The van der Waals surface area contributed by atoms with Crippen LogP contribution in [-0.2, 0) is 17.8 Å². The summed E-state index contributed by atoms with van der Waals surface area (Å²) >= 11 is 1.38. The number of methoxy groups -OCH3 is 1. The number of rotatable bonds is 8. The molecule has 1 amide bonds. The van der Waals surface area contributed by atoms with Gasteiger partial charge >= 0.3 is 0 Å². The van der Waals surface area contributed by atoms with E-state index in [0.29, 0.717) is 32.0 Å². The van der Waals surface area contributed by atoms with E-state index in [0.717, 1.165) is 16.3 Å². The van der Waals surface area contributed by atoms with Gasteiger partial charge < -0.3 is 20.5 Å². The fourth-order valence-electron chi connectivity index (χ4n) is 1.77. The van der Waals surface area contributed by atoms with Crippen LogP contribution in [0.15, 0.2) is 29.6 Å². The summed E-state index contributed by atoms with van der Waals surface area (Å²) in [7, 11) is 1.63. The van der Waals surface area contributed by atoms with Gasteiger partial charge in [-0.15, -0.1) is 23.7 Å². The van der Waals surface area contributed by atoms with Gasteiger partial charge in [0.2, 0.25) is 0 Å². The van der Waals surface area contributed by atoms with Crippen LogP contribution in [0.5, 0.6) is 5.75 Å². The second kappa shape index (κ2) is 10.2. The van der Waals surface area contributed by atoms with Gasteiger partial charge in [0.1, 0.15) is 23.1 Å². The van der Waals surface area contributed by atoms with Crippen molar-refractivity contribution in [1.82, 2.24) is 10.3 Å². The Morgan fingerprint density at radius 3 is 2.91 bits per heavy atom. The van der Waals surface area contributed by atoms with E-state index in [1.54, 1.807) is 12.5 Å². The Kier molecular flexibility index (Phi) is 8.57. The van der Waals surface area contributed by atoms with E-state index in [9.17, 15) is 4.79 Å². The Balaban J connectivity index is 0.00000264. The van der Waals surface area contributed by atoms with Gasteiger partial charge in [0.25, 0.3) is 5.91 Å². The maximum atomic E-state index is 12.0. The van der Waals surface area contributed by atoms with Crippen LogP contribution in [0.4, 0.5) is 0 Å². The van der Waals surface area contributed by atoms with Crippen LogP contribution < -0.4 is 15.8 Å². The number of carbonyl (C=O) groups excluding carboxylic acids is 1. The van der Waals surface area contributed by atoms with Crippen molar-refractivity contribution in [2.24, 2.45) is 5.73 Å². The molecule has 0 bridgehead atoms. The standard InChI is InChI=1S/C15H19N3O3S.ClH/c1-20-5-6-21-12-4-2-3-11(7-12)9-17-15(19)13-10-22-14(8-16)18-13;/h2-4,7,10H,5-6,8-9,16H2,1H3,(H,17,19);1H. The van der Waals surface area contributed by atoms with Crippen molar-refractivity contribution in [2.45, 2.75) is 13.1 Å². The predicted molar refractivity (Wildman–Crippen MR) is 92.2 cm³/mol. The van der Waals surface area contributed by atoms with Gasteiger partial charge in [-0.2, -0.15) is 0 Å². The molecule has 0 aliphatic heterocycles. The number of benzene rings is 1. The van der Waals surface area contributed by atoms with Crippen LogP contribution in [-0.4, -0.2) is 31.2 Å². The first kappa shape index (κ1) is 19.4. The molecule has 1 aromatic carbocycles. The highest BCUT2D eigenvalue weighted by Gasteiger charge is 2.09. The van der Waals surface area contributed by atoms with Crippen molar-refractivity contribution in [3.05, 3.63) is 45.9 Å². The first-order valence-corrected chi connectivity index (χ1v) is 7.74. The highest BCUT2D eigenvalue weighted by molar-refractivity contribution is 7.09. The van der Waals surface area contributed by atoms with Crippen molar-refractivity contribution in [2.75, 3.05) is 20.3 Å². The van der Waals surface area contributed by atoms with Gasteiger partial charge in [-0.05, 0) is 17.7 Å². The fourth-order valence-corrected chi connectivity index (χ4v) is 2.42. The maximum absolute atomic E-state index is 12.0. The lowest BCUT2D eigenvalue weighted by atomic mass is 10.2. The van der Waals surface area contributed by atoms with Gasteiger partial charge in [-0.25, -0.2) is 4.98 Å². The number of nitrogens with two attached hydrogens (primary N) is 1. The minimum Gasteiger partial charge on any atom is -0.491 e. The number of hydrogen-bond acceptors (Lipinski definition) is 6. The number of thiazole rings is 1. The number of ether oxygens (including phenoxy) is 2. The molecular formula is C15H20ClN3O3S. The van der Waals surface area contributed by atoms with Gasteiger partial charge in [-0.1, -0.05) is 12.1 Å². The number of amides is 1. The van der Waals surface area contributed by atoms with Crippen molar-refractivity contribution < 1.29 is 14.3 Å². The zero-order valence-electron chi connectivity index (χ0n) is 12.8. The highest BCUT2D eigenvalue weighted by atomic mass is 35.5. The summed E-state index contributed by atoms with van der Waals surface area (Å²) in [6, 6.07) is 7.58. The molecule has 0 saturated carbocycles. The molecule has 0 aliphatic carbocycles. The molecule has 1 aromatic heterocycles. The van der Waals surface area contributed by atoms with E-state index in [1.165, 1.54) is 11.3 Å². The Bertz CT molecular complexity index is 622. The molecule has 0 atom stereocenters. The smallest absolute Gasteiger partial charge is 0.271 e. The molecule has 0 aliphatic rings. The van der Waals surface area contributed by atoms with Crippen molar-refractivity contribution >= 4 is 29.7 Å². The summed E-state index contributed by atoms with van der Waals surface area (Å²) in [5.74, 6) is 0.546. The van der Waals surface area contributed by atoms with Crippen LogP contribution >= 0.6 is 23.7 Å². The molecule has 1 heterocycles. The average Bonchev–Trinajstić information content (AvgIpc) is 3.02. The van der Waals surface area contributed by atoms with Crippen LogP contribution in [0.25, 0.3) is 0 Å². The lowest BCUT2D eigenvalue weighted by Gasteiger charge is -2.08. The molecule has 23 heavy (non-hydrogen) atoms. The Hall–Kier alpha value is -1.67. The molecule has 0 spiro atoms. The summed E-state index contributed by atoms with van der Waals surface area (Å²) in [6.07, 6.45) is 0. The summed E-state index contributed by atoms with van der Waals surface area (Å²) in [4.78, 5) is 16.1. The van der Waals surface area contributed by atoms with Crippen molar-refractivity contribution in [1.29, 1.82) is 0 Å². The summed E-state index contributed by atoms with van der Waals surface area (Å²) < 4.78 is 10.5. The first-order valence-electron chi connectivity index (χ1n) is 6.86. The maximum Gasteiger partial charge on any atom is 0.271 e. The van der Waals surface area contributed by atoms with Crippen LogP contribution in [0, 0.1) is 0 Å². The summed E-state index contributed by atoms with van der Waals surface area (Å²) in [6.45, 7) is 1.79. The van der Waals surface area contributed by atoms with Crippen LogP contribution in [0.3, 0.4) is 0 Å². The highest BCUT2D eigenvalue weighted by Crippen LogP contribution is 2.14. The summed E-state index contributed by atoms with van der Waals surface area (Å²) in [5.41, 5.74) is 6.85. The Morgan fingerprint density at radius 1 is 1.39 bits per heavy atom. The van der Waals surface area contributed by atoms with Crippen LogP contribution in [0.2, 0.25) is 0 Å². The first-order chi connectivity index (χ1) is 10.7. The molecule has 8 heteroatoms. The Morgan fingerprint density at radius 2 is 2.22 bits per heavy atom. The number of aromatic nitrogens is 1. The minimum atomic E-state index is -0.207. The molecule has 0 unspecified atom stereocenters. The van der Waals surface area contributed by atoms with E-state index in [2.05, 4.69) is 10.3 Å². The summed E-state index contributed by atoms with van der Waals surface area (Å²) in [5, 5.41) is 5.29. The number of nitrogens with one attached hydrogen (secondary N) is 1. The third-order valence-electron chi connectivity index (χ3n) is 2.87. The second-order valence-corrected chi connectivity index (χ2v) is 5.44. The normalized spacial score (nSPS) is 10.0. The quantitative estimate of drug-likeness (QED) is 0.705. The molecule has 2 rings (SSSR count). The van der Waals surface area contributed by atoms with E-state index in [-0.39, 0.29) is 18.3 Å². The van der Waals surface area contributed by atoms with Gasteiger partial charge in [0.05, 0.1) is 6.61 Å². The lowest BCUT2D eigenvalue weighted by molar-refractivity contribution is 0.0946. The molecule has 2 aromatic rings. The van der Waals surface area contributed by atoms with E-state index >= 15 is 0 Å². The molecule has 0 fully saturated rings. The van der Waals surface area contributed by atoms with Crippen molar-refractivity contribution in [3.63, 3.8) is 0 Å². The molecular weight excluding hydrogens is 338 g/mol. The van der Waals surface area contributed by atoms with E-state index in [4.69, 9.17) is 15.2 Å². The largest absolute Gasteiger partial charge is 0.491 e. The SMILES string of the molecule is COCCOc1cccc(CNC(=O)c2csc(CN)n2)c1.Cl. The predicted octanol–water partition coefficient (Wildman–Crippen LogP) is 1.98. The number of carbonyl (C=O) groups is 1. The average molecular weight is 358 g/mol. The topological polar surface area (TPSA) is 86.5 Å². The van der Waals surface area contributed by atoms with Gasteiger partial charge in [-0.3, -0.25) is 4.79 Å². The van der Waals surface area contributed by atoms with Crippen molar-refractivity contribution in [3.8, 4) is 5.75 Å². The van der Waals surface area contributed by atoms with E-state index in [1.807, 2.05) is 24.3 Å². The third kappa shape index (κ3) is 6.15. The molecule has 126 valence electrons. The van der Waals surface area contributed by atoms with E-state index < -0.39 is 0 Å². The number of halogens is 1. The number of hydrogen-bond donors (Lipinski definition) is 2. The Labute approximate surface area is 145 Å². The molecule has 6 nitrogen and oxygen atoms in total. The zero-order chi connectivity index (χ0) is 15.8. The number of nitrogens with zero attached hydrogens (tertiary/aromatic N) is 1. The minimum absolute atomic E-state index is 0. The van der Waals surface area contributed by atoms with Gasteiger partial charge in [0.15, 0.2) is 0 Å². The fraction of sp³-hybridized carbons (Fsp3) is 0.333. The van der Waals surface area contributed by atoms with Crippen LogP contribution in [0.1, 0.15) is 21.1 Å². The molecule has 0 radical (unpaired) electrons. The monoisotopic (exact) mass is 357 g/mol. The third-order valence-corrected chi connectivity index (χ3v) is 3.74. The lowest BCUT2D eigenvalue weighted by Crippen LogP contribution is -2.23. The molecule has 0 saturated heterocycles. The molecule has 3 N–H and O–H groups in total.